The molecule has 7 nitrogen and oxygen atoms in total. The van der Waals surface area contributed by atoms with Crippen molar-refractivity contribution in [3.63, 3.8) is 0 Å². The number of nitrogens with zero attached hydrogens (tertiary/aromatic N) is 3. The van der Waals surface area contributed by atoms with E-state index >= 15 is 0 Å². The molecule has 0 saturated carbocycles. The van der Waals surface area contributed by atoms with Crippen LogP contribution in [0.1, 0.15) is 31.7 Å². The molecule has 0 spiro atoms. The van der Waals surface area contributed by atoms with Gasteiger partial charge in [0.1, 0.15) is 11.4 Å². The minimum Gasteiger partial charge on any atom is -0.504 e. The van der Waals surface area contributed by atoms with Gasteiger partial charge in [0.05, 0.1) is 49.1 Å². The summed E-state index contributed by atoms with van der Waals surface area (Å²) in [6.45, 7) is 3.83. The number of carbonyl (C=O) groups is 1. The van der Waals surface area contributed by atoms with Gasteiger partial charge < -0.3 is 19.5 Å². The summed E-state index contributed by atoms with van der Waals surface area (Å²) in [4.78, 5) is 21.9. The molecular formula is C24H33N3O4. The van der Waals surface area contributed by atoms with Gasteiger partial charge in [0.2, 0.25) is 0 Å². The minimum absolute atomic E-state index is 0.0249. The van der Waals surface area contributed by atoms with Crippen LogP contribution in [0.5, 0.6) is 5.75 Å². The van der Waals surface area contributed by atoms with Crippen molar-refractivity contribution < 1.29 is 19.4 Å². The van der Waals surface area contributed by atoms with Crippen molar-refractivity contribution in [1.29, 1.82) is 0 Å². The number of fused-ring (bicyclic) bond motifs is 5. The minimum atomic E-state index is -1.12. The Labute approximate surface area is 184 Å². The molecule has 0 radical (unpaired) electrons. The normalized spacial score (nSPS) is 30.1. The fourth-order valence-corrected chi connectivity index (χ4v) is 5.60. The van der Waals surface area contributed by atoms with E-state index in [9.17, 15) is 9.90 Å². The highest BCUT2D eigenvalue weighted by molar-refractivity contribution is 6.05. The molecule has 168 valence electrons. The number of likely N-dealkylation sites (N-methyl/N-ethyl adjacent to an activating group) is 1. The summed E-state index contributed by atoms with van der Waals surface area (Å²) in [6.07, 6.45) is 3.90. The number of ether oxygens (including phenoxy) is 2. The van der Waals surface area contributed by atoms with Crippen molar-refractivity contribution in [3.8, 4) is 5.75 Å². The predicted molar refractivity (Wildman–Crippen MR) is 120 cm³/mol. The van der Waals surface area contributed by atoms with Crippen LogP contribution in [0.3, 0.4) is 0 Å². The molecule has 3 aliphatic heterocycles. The number of benzene rings is 1. The molecule has 3 aliphatic rings. The van der Waals surface area contributed by atoms with Crippen LogP contribution in [0.25, 0.3) is 0 Å². The number of aliphatic hydroxyl groups is 1. The van der Waals surface area contributed by atoms with Crippen molar-refractivity contribution in [2.45, 2.75) is 37.8 Å². The lowest BCUT2D eigenvalue weighted by atomic mass is 9.70. The highest BCUT2D eigenvalue weighted by Crippen LogP contribution is 2.51. The summed E-state index contributed by atoms with van der Waals surface area (Å²) >= 11 is 0. The number of aliphatic imine (C=N–C) groups is 1. The van der Waals surface area contributed by atoms with Gasteiger partial charge in [-0.05, 0) is 36.8 Å². The molecule has 0 bridgehead atoms. The van der Waals surface area contributed by atoms with Gasteiger partial charge in [-0.2, -0.15) is 0 Å². The Balaban J connectivity index is 1.72. The second kappa shape index (κ2) is 8.28. The van der Waals surface area contributed by atoms with E-state index in [-0.39, 0.29) is 17.9 Å². The SMILES string of the molecule is CC[C@@H]1CN2CC[C@@]3(O)C(=Nc4cccc(OC)c43)[C@@H]2C[C@@H]1/C(=C\OC)C(=O)N(C)C. The maximum atomic E-state index is 13.0. The summed E-state index contributed by atoms with van der Waals surface area (Å²) in [5.74, 6) is 1.03. The number of methoxy groups -OCH3 is 2. The van der Waals surface area contributed by atoms with E-state index in [2.05, 4.69) is 11.8 Å². The number of rotatable bonds is 5. The lowest BCUT2D eigenvalue weighted by Crippen LogP contribution is -2.60. The molecule has 7 heteroatoms. The van der Waals surface area contributed by atoms with Gasteiger partial charge in [-0.3, -0.25) is 14.7 Å². The van der Waals surface area contributed by atoms with Crippen LogP contribution in [0.15, 0.2) is 35.0 Å². The zero-order valence-electron chi connectivity index (χ0n) is 19.1. The molecule has 1 N–H and O–H groups in total. The summed E-state index contributed by atoms with van der Waals surface area (Å²) in [7, 11) is 6.75. The zero-order chi connectivity index (χ0) is 22.3. The summed E-state index contributed by atoms with van der Waals surface area (Å²) in [5, 5.41) is 11.8. The van der Waals surface area contributed by atoms with Gasteiger partial charge in [-0.1, -0.05) is 19.4 Å². The Kier molecular flexibility index (Phi) is 5.83. The second-order valence-corrected chi connectivity index (χ2v) is 8.99. The van der Waals surface area contributed by atoms with Gasteiger partial charge in [-0.25, -0.2) is 0 Å². The molecule has 1 aromatic rings. The molecule has 1 aromatic carbocycles. The van der Waals surface area contributed by atoms with E-state index in [1.807, 2.05) is 18.2 Å². The Morgan fingerprint density at radius 2 is 2.16 bits per heavy atom. The largest absolute Gasteiger partial charge is 0.504 e. The fourth-order valence-electron chi connectivity index (χ4n) is 5.60. The van der Waals surface area contributed by atoms with Crippen LogP contribution in [0.4, 0.5) is 5.69 Å². The highest BCUT2D eigenvalue weighted by Gasteiger charge is 2.54. The molecule has 4 atom stereocenters. The molecule has 2 saturated heterocycles. The topological polar surface area (TPSA) is 74.6 Å². The van der Waals surface area contributed by atoms with E-state index in [0.717, 1.165) is 42.9 Å². The average Bonchev–Trinajstić information content (AvgIpc) is 3.09. The first-order chi connectivity index (χ1) is 14.8. The Hall–Kier alpha value is -2.38. The van der Waals surface area contributed by atoms with Gasteiger partial charge in [0, 0.05) is 27.2 Å². The first kappa shape index (κ1) is 21.8. The lowest BCUT2D eigenvalue weighted by molar-refractivity contribution is -0.126. The molecule has 0 aliphatic carbocycles. The van der Waals surface area contributed by atoms with Crippen LogP contribution in [-0.4, -0.2) is 74.0 Å². The monoisotopic (exact) mass is 427 g/mol. The highest BCUT2D eigenvalue weighted by atomic mass is 16.5. The van der Waals surface area contributed by atoms with Gasteiger partial charge in [0.25, 0.3) is 5.91 Å². The molecule has 3 heterocycles. The quantitative estimate of drug-likeness (QED) is 0.578. The molecular weight excluding hydrogens is 394 g/mol. The molecule has 0 unspecified atom stereocenters. The number of hydrogen-bond donors (Lipinski definition) is 1. The second-order valence-electron chi connectivity index (χ2n) is 8.99. The van der Waals surface area contributed by atoms with Gasteiger partial charge >= 0.3 is 0 Å². The number of amides is 1. The van der Waals surface area contributed by atoms with Crippen LogP contribution in [0, 0.1) is 11.8 Å². The van der Waals surface area contributed by atoms with Crippen LogP contribution >= 0.6 is 0 Å². The third kappa shape index (κ3) is 3.44. The Bertz CT molecular complexity index is 925. The number of hydrogen-bond acceptors (Lipinski definition) is 6. The summed E-state index contributed by atoms with van der Waals surface area (Å²) in [5.41, 5.74) is 1.92. The molecule has 0 aromatic heterocycles. The molecule has 4 rings (SSSR count). The standard InChI is InChI=1S/C24H33N3O4/c1-6-15-13-27-11-10-24(29)21-18(8-7-9-20(21)31-5)25-22(24)19(27)12-16(15)17(14-30-4)23(28)26(2)3/h7-9,14-16,19,29H,6,10-13H2,1-5H3/b17-14+/t15-,16+,19+,24+/m1/s1. The van der Waals surface area contributed by atoms with Crippen LogP contribution < -0.4 is 4.74 Å². The van der Waals surface area contributed by atoms with Crippen molar-refractivity contribution in [2.24, 2.45) is 16.8 Å². The van der Waals surface area contributed by atoms with Crippen molar-refractivity contribution >= 4 is 17.3 Å². The van der Waals surface area contributed by atoms with Crippen molar-refractivity contribution in [2.75, 3.05) is 41.4 Å². The Morgan fingerprint density at radius 3 is 2.81 bits per heavy atom. The van der Waals surface area contributed by atoms with E-state index in [1.54, 1.807) is 39.5 Å². The van der Waals surface area contributed by atoms with E-state index in [0.29, 0.717) is 23.7 Å². The third-order valence-electron chi connectivity index (χ3n) is 7.16. The van der Waals surface area contributed by atoms with Crippen LogP contribution in [-0.2, 0) is 15.1 Å². The van der Waals surface area contributed by atoms with Gasteiger partial charge in [0.15, 0.2) is 0 Å². The van der Waals surface area contributed by atoms with Crippen LogP contribution in [0.2, 0.25) is 0 Å². The van der Waals surface area contributed by atoms with E-state index < -0.39 is 5.60 Å². The molecule has 31 heavy (non-hydrogen) atoms. The average molecular weight is 428 g/mol. The maximum absolute atomic E-state index is 13.0. The van der Waals surface area contributed by atoms with E-state index in [4.69, 9.17) is 14.5 Å². The lowest BCUT2D eigenvalue weighted by Gasteiger charge is -2.50. The number of piperidine rings is 2. The first-order valence-electron chi connectivity index (χ1n) is 11.0. The molecule has 2 fully saturated rings. The third-order valence-corrected chi connectivity index (χ3v) is 7.16. The zero-order valence-corrected chi connectivity index (χ0v) is 19.1. The van der Waals surface area contributed by atoms with Crippen molar-refractivity contribution in [1.82, 2.24) is 9.80 Å². The Morgan fingerprint density at radius 1 is 1.39 bits per heavy atom. The first-order valence-corrected chi connectivity index (χ1v) is 11.0. The fraction of sp³-hybridized carbons (Fsp3) is 0.583. The molecule has 1 amide bonds. The number of carbonyl (C=O) groups excluding carboxylic acids is 1. The smallest absolute Gasteiger partial charge is 0.252 e. The predicted octanol–water partition coefficient (Wildman–Crippen LogP) is 2.71. The summed E-state index contributed by atoms with van der Waals surface area (Å²) < 4.78 is 10.9. The van der Waals surface area contributed by atoms with Gasteiger partial charge in [-0.15, -0.1) is 0 Å². The summed E-state index contributed by atoms with van der Waals surface area (Å²) in [6, 6.07) is 5.70. The maximum Gasteiger partial charge on any atom is 0.252 e. The van der Waals surface area contributed by atoms with Crippen molar-refractivity contribution in [3.05, 3.63) is 35.6 Å². The van der Waals surface area contributed by atoms with E-state index in [1.165, 1.54) is 0 Å².